The van der Waals surface area contributed by atoms with Crippen molar-refractivity contribution >= 4 is 33.0 Å². The Labute approximate surface area is 188 Å². The van der Waals surface area contributed by atoms with Crippen LogP contribution >= 0.6 is 11.3 Å². The third kappa shape index (κ3) is 5.74. The monoisotopic (exact) mass is 457 g/mol. The number of thiophene rings is 1. The van der Waals surface area contributed by atoms with Crippen molar-refractivity contribution < 1.29 is 17.9 Å². The molecule has 5 nitrogen and oxygen atoms in total. The van der Waals surface area contributed by atoms with Gasteiger partial charge in [-0.2, -0.15) is 0 Å². The molecule has 164 valence electrons. The van der Waals surface area contributed by atoms with Crippen molar-refractivity contribution in [2.24, 2.45) is 0 Å². The lowest BCUT2D eigenvalue weighted by atomic mass is 10.0. The zero-order chi connectivity index (χ0) is 22.4. The fraction of sp³-hybridized carbons (Fsp3) is 0.292. The molecule has 1 heterocycles. The summed E-state index contributed by atoms with van der Waals surface area (Å²) < 4.78 is 33.5. The van der Waals surface area contributed by atoms with E-state index in [1.165, 1.54) is 15.6 Å². The van der Waals surface area contributed by atoms with E-state index in [0.717, 1.165) is 16.0 Å². The zero-order valence-electron chi connectivity index (χ0n) is 17.9. The number of hydrogen-bond donors (Lipinski definition) is 0. The molecular weight excluding hydrogens is 430 g/mol. The first-order chi connectivity index (χ1) is 14.8. The minimum atomic E-state index is -3.77. The van der Waals surface area contributed by atoms with Gasteiger partial charge in [0, 0.05) is 4.88 Å². The Morgan fingerprint density at radius 1 is 1.03 bits per heavy atom. The molecule has 0 bridgehead atoms. The van der Waals surface area contributed by atoms with E-state index < -0.39 is 10.0 Å². The highest BCUT2D eigenvalue weighted by molar-refractivity contribution is 7.92. The van der Waals surface area contributed by atoms with Crippen molar-refractivity contribution in [3.05, 3.63) is 82.0 Å². The van der Waals surface area contributed by atoms with Gasteiger partial charge in [0.1, 0.15) is 0 Å². The number of carbonyl (C=O) groups is 1. The third-order valence-electron chi connectivity index (χ3n) is 4.89. The number of carbonyl (C=O) groups excluding carboxylic acids is 1. The minimum Gasteiger partial charge on any atom is -0.466 e. The molecule has 7 heteroatoms. The van der Waals surface area contributed by atoms with Gasteiger partial charge >= 0.3 is 5.97 Å². The Balaban J connectivity index is 1.93. The summed E-state index contributed by atoms with van der Waals surface area (Å²) in [5.41, 5.74) is 2.41. The highest BCUT2D eigenvalue weighted by Crippen LogP contribution is 2.28. The number of hydrogen-bond acceptors (Lipinski definition) is 5. The van der Waals surface area contributed by atoms with E-state index in [2.05, 4.69) is 13.8 Å². The van der Waals surface area contributed by atoms with E-state index in [9.17, 15) is 13.2 Å². The first-order valence-corrected chi connectivity index (χ1v) is 12.5. The Morgan fingerprint density at radius 3 is 2.26 bits per heavy atom. The van der Waals surface area contributed by atoms with Gasteiger partial charge in [0.25, 0.3) is 10.0 Å². The van der Waals surface area contributed by atoms with Crippen LogP contribution in [0.1, 0.15) is 42.7 Å². The lowest BCUT2D eigenvalue weighted by Gasteiger charge is -2.24. The first kappa shape index (κ1) is 23.0. The molecule has 2 aromatic carbocycles. The Bertz CT molecular complexity index is 1090. The Hall–Kier alpha value is -2.64. The van der Waals surface area contributed by atoms with Gasteiger partial charge in [-0.05, 0) is 59.7 Å². The molecule has 0 fully saturated rings. The van der Waals surface area contributed by atoms with Crippen LogP contribution in [-0.2, 0) is 32.5 Å². The lowest BCUT2D eigenvalue weighted by molar-refractivity contribution is -0.142. The molecule has 31 heavy (non-hydrogen) atoms. The van der Waals surface area contributed by atoms with Crippen molar-refractivity contribution in [1.29, 1.82) is 0 Å². The van der Waals surface area contributed by atoms with Gasteiger partial charge in [-0.15, -0.1) is 11.3 Å². The van der Waals surface area contributed by atoms with Crippen LogP contribution < -0.4 is 4.31 Å². The van der Waals surface area contributed by atoms with Gasteiger partial charge < -0.3 is 4.74 Å². The number of rotatable bonds is 9. The molecule has 3 rings (SSSR count). The predicted molar refractivity (Wildman–Crippen MR) is 125 cm³/mol. The Kier molecular flexibility index (Phi) is 7.51. The van der Waals surface area contributed by atoms with E-state index in [-0.39, 0.29) is 23.8 Å². The molecule has 3 aromatic rings. The van der Waals surface area contributed by atoms with E-state index in [1.807, 2.05) is 29.6 Å². The van der Waals surface area contributed by atoms with Gasteiger partial charge in [-0.3, -0.25) is 9.10 Å². The van der Waals surface area contributed by atoms with Gasteiger partial charge in [0.2, 0.25) is 0 Å². The molecule has 0 unspecified atom stereocenters. The van der Waals surface area contributed by atoms with E-state index in [1.54, 1.807) is 43.3 Å². The molecule has 0 radical (unpaired) electrons. The second kappa shape index (κ2) is 10.1. The second-order valence-electron chi connectivity index (χ2n) is 7.46. The molecule has 0 aliphatic carbocycles. The molecule has 0 atom stereocenters. The molecular formula is C24H27NO4S2. The largest absolute Gasteiger partial charge is 0.466 e. The van der Waals surface area contributed by atoms with Crippen LogP contribution in [0.25, 0.3) is 0 Å². The van der Waals surface area contributed by atoms with E-state index >= 15 is 0 Å². The molecule has 0 saturated heterocycles. The molecule has 0 aliphatic heterocycles. The van der Waals surface area contributed by atoms with Gasteiger partial charge in [-0.25, -0.2) is 8.42 Å². The summed E-state index contributed by atoms with van der Waals surface area (Å²) in [6.07, 6.45) is 0.155. The SMILES string of the molecule is CCOC(=O)Cc1ccc(N(Cc2cccs2)S(=O)(=O)c2ccc(C(C)C)cc2)cc1. The van der Waals surface area contributed by atoms with Crippen LogP contribution in [0.4, 0.5) is 5.69 Å². The topological polar surface area (TPSA) is 63.7 Å². The maximum atomic E-state index is 13.5. The third-order valence-corrected chi connectivity index (χ3v) is 7.54. The van der Waals surface area contributed by atoms with Crippen molar-refractivity contribution in [2.45, 2.75) is 44.6 Å². The molecule has 0 spiro atoms. The summed E-state index contributed by atoms with van der Waals surface area (Å²) >= 11 is 1.51. The predicted octanol–water partition coefficient (Wildman–Crippen LogP) is 5.37. The smallest absolute Gasteiger partial charge is 0.310 e. The maximum Gasteiger partial charge on any atom is 0.310 e. The van der Waals surface area contributed by atoms with Gasteiger partial charge in [0.05, 0.1) is 30.2 Å². The zero-order valence-corrected chi connectivity index (χ0v) is 19.6. The highest BCUT2D eigenvalue weighted by atomic mass is 32.2. The van der Waals surface area contributed by atoms with Crippen molar-refractivity contribution in [2.75, 3.05) is 10.9 Å². The maximum absolute atomic E-state index is 13.5. The van der Waals surface area contributed by atoms with Crippen molar-refractivity contribution in [3.8, 4) is 0 Å². The normalized spacial score (nSPS) is 11.5. The quantitative estimate of drug-likeness (QED) is 0.405. The number of benzene rings is 2. The molecule has 0 N–H and O–H groups in total. The number of sulfonamides is 1. The summed E-state index contributed by atoms with van der Waals surface area (Å²) in [5.74, 6) is 0.0227. The Morgan fingerprint density at radius 2 is 1.71 bits per heavy atom. The fourth-order valence-electron chi connectivity index (χ4n) is 3.17. The van der Waals surface area contributed by atoms with Crippen LogP contribution in [-0.4, -0.2) is 21.0 Å². The van der Waals surface area contributed by atoms with Crippen molar-refractivity contribution in [1.82, 2.24) is 0 Å². The van der Waals surface area contributed by atoms with Crippen LogP contribution in [0.5, 0.6) is 0 Å². The fourth-order valence-corrected chi connectivity index (χ4v) is 5.39. The molecule has 0 saturated carbocycles. The van der Waals surface area contributed by atoms with E-state index in [0.29, 0.717) is 18.2 Å². The van der Waals surface area contributed by atoms with Crippen LogP contribution in [0.15, 0.2) is 70.9 Å². The minimum absolute atomic E-state index is 0.155. The number of nitrogens with zero attached hydrogens (tertiary/aromatic N) is 1. The first-order valence-electron chi connectivity index (χ1n) is 10.2. The average molecular weight is 458 g/mol. The van der Waals surface area contributed by atoms with E-state index in [4.69, 9.17) is 4.74 Å². The lowest BCUT2D eigenvalue weighted by Crippen LogP contribution is -2.30. The highest BCUT2D eigenvalue weighted by Gasteiger charge is 2.26. The van der Waals surface area contributed by atoms with Crippen LogP contribution in [0.3, 0.4) is 0 Å². The summed E-state index contributed by atoms with van der Waals surface area (Å²) in [7, 11) is -3.77. The number of ether oxygens (including phenoxy) is 1. The van der Waals surface area contributed by atoms with Gasteiger partial charge in [0.15, 0.2) is 0 Å². The molecule has 0 amide bonds. The molecule has 0 aliphatic rings. The van der Waals surface area contributed by atoms with Crippen LogP contribution in [0, 0.1) is 0 Å². The van der Waals surface area contributed by atoms with Crippen LogP contribution in [0.2, 0.25) is 0 Å². The summed E-state index contributed by atoms with van der Waals surface area (Å²) in [5, 5.41) is 1.93. The standard InChI is InChI=1S/C24H27NO4S2/c1-4-29-24(26)16-19-7-11-21(12-8-19)25(17-22-6-5-15-30-22)31(27,28)23-13-9-20(10-14-23)18(2)3/h5-15,18H,4,16-17H2,1-3H3. The second-order valence-corrected chi connectivity index (χ2v) is 10.4. The summed E-state index contributed by atoms with van der Waals surface area (Å²) in [6, 6.07) is 17.9. The number of anilines is 1. The van der Waals surface area contributed by atoms with Crippen molar-refractivity contribution in [3.63, 3.8) is 0 Å². The number of esters is 1. The molecule has 1 aromatic heterocycles. The van der Waals surface area contributed by atoms with Gasteiger partial charge in [-0.1, -0.05) is 44.2 Å². The summed E-state index contributed by atoms with van der Waals surface area (Å²) in [6.45, 7) is 6.49. The average Bonchev–Trinajstić information content (AvgIpc) is 3.26. The summed E-state index contributed by atoms with van der Waals surface area (Å²) in [4.78, 5) is 12.9.